The number of rotatable bonds is 5. The maximum atomic E-state index is 11.5. The Morgan fingerprint density at radius 3 is 2.50 bits per heavy atom. The first-order valence-electron chi connectivity index (χ1n) is 7.95. The highest BCUT2D eigenvalue weighted by molar-refractivity contribution is 5.95. The summed E-state index contributed by atoms with van der Waals surface area (Å²) in [7, 11) is 0. The molecule has 2 aromatic carbocycles. The zero-order valence-corrected chi connectivity index (χ0v) is 13.6. The highest BCUT2D eigenvalue weighted by atomic mass is 16.1. The average molecular weight is 317 g/mol. The molecule has 1 N–H and O–H groups in total. The van der Waals surface area contributed by atoms with Crippen LogP contribution >= 0.6 is 0 Å². The first-order valence-corrected chi connectivity index (χ1v) is 7.95. The third-order valence-corrected chi connectivity index (χ3v) is 4.15. The molecule has 0 radical (unpaired) electrons. The van der Waals surface area contributed by atoms with Crippen LogP contribution in [-0.2, 0) is 6.54 Å². The van der Waals surface area contributed by atoms with Gasteiger partial charge < -0.3 is 10.2 Å². The number of nitrogens with one attached hydrogen (secondary N) is 1. The Balaban J connectivity index is 1.70. The highest BCUT2D eigenvalue weighted by Crippen LogP contribution is 2.21. The van der Waals surface area contributed by atoms with E-state index in [0.717, 1.165) is 18.7 Å². The standard InChI is InChI=1S/C20H19N3O/c1-15(24)17-6-7-18(13-21)20(12-17)22-14-16-4-8-19(9-5-16)23-10-2-3-11-23/h2-9,12,22H,10-11,14H2,1H3. The van der Waals surface area contributed by atoms with Gasteiger partial charge >= 0.3 is 0 Å². The van der Waals surface area contributed by atoms with Crippen LogP contribution in [0.15, 0.2) is 54.6 Å². The molecule has 24 heavy (non-hydrogen) atoms. The lowest BCUT2D eigenvalue weighted by molar-refractivity contribution is 0.101. The zero-order valence-electron chi connectivity index (χ0n) is 13.6. The van der Waals surface area contributed by atoms with Crippen LogP contribution in [0.4, 0.5) is 11.4 Å². The summed E-state index contributed by atoms with van der Waals surface area (Å²) in [5, 5.41) is 12.5. The second-order valence-corrected chi connectivity index (χ2v) is 5.82. The van der Waals surface area contributed by atoms with Gasteiger partial charge in [0.15, 0.2) is 5.78 Å². The van der Waals surface area contributed by atoms with Crippen molar-refractivity contribution in [2.75, 3.05) is 23.3 Å². The number of hydrogen-bond donors (Lipinski definition) is 1. The van der Waals surface area contributed by atoms with Crippen LogP contribution in [0, 0.1) is 11.3 Å². The minimum absolute atomic E-state index is 0.00823. The maximum absolute atomic E-state index is 11.5. The van der Waals surface area contributed by atoms with Gasteiger partial charge in [0.05, 0.1) is 11.3 Å². The summed E-state index contributed by atoms with van der Waals surface area (Å²) < 4.78 is 0. The predicted molar refractivity (Wildman–Crippen MR) is 96.3 cm³/mol. The molecule has 0 unspecified atom stereocenters. The van der Waals surface area contributed by atoms with E-state index in [0.29, 0.717) is 23.4 Å². The lowest BCUT2D eigenvalue weighted by Gasteiger charge is -2.18. The number of carbonyl (C=O) groups excluding carboxylic acids is 1. The number of nitrogens with zero attached hydrogens (tertiary/aromatic N) is 2. The first-order chi connectivity index (χ1) is 11.7. The van der Waals surface area contributed by atoms with Gasteiger partial charge in [-0.15, -0.1) is 0 Å². The Kier molecular flexibility index (Phi) is 4.62. The fourth-order valence-corrected chi connectivity index (χ4v) is 2.72. The number of nitriles is 1. The number of Topliss-reactive ketones (excluding diaryl/α,β-unsaturated/α-hetero) is 1. The summed E-state index contributed by atoms with van der Waals surface area (Å²) in [6.07, 6.45) is 4.34. The smallest absolute Gasteiger partial charge is 0.159 e. The number of hydrogen-bond acceptors (Lipinski definition) is 4. The summed E-state index contributed by atoms with van der Waals surface area (Å²) in [6.45, 7) is 4.05. The quantitative estimate of drug-likeness (QED) is 0.674. The van der Waals surface area contributed by atoms with Crippen LogP contribution in [0.25, 0.3) is 0 Å². The molecule has 4 nitrogen and oxygen atoms in total. The van der Waals surface area contributed by atoms with E-state index >= 15 is 0 Å². The Labute approximate surface area is 142 Å². The van der Waals surface area contributed by atoms with Crippen molar-refractivity contribution < 1.29 is 4.79 Å². The Morgan fingerprint density at radius 1 is 1.17 bits per heavy atom. The van der Waals surface area contributed by atoms with Crippen LogP contribution in [-0.4, -0.2) is 18.9 Å². The molecule has 0 spiro atoms. The van der Waals surface area contributed by atoms with Gasteiger partial charge in [-0.25, -0.2) is 0 Å². The van der Waals surface area contributed by atoms with Gasteiger partial charge in [0, 0.05) is 30.9 Å². The molecular formula is C20H19N3O. The number of carbonyl (C=O) groups is 1. The molecule has 1 aliphatic rings. The van der Waals surface area contributed by atoms with Crippen LogP contribution in [0.1, 0.15) is 28.4 Å². The van der Waals surface area contributed by atoms with Crippen LogP contribution in [0.3, 0.4) is 0 Å². The van der Waals surface area contributed by atoms with Crippen molar-refractivity contribution in [3.63, 3.8) is 0 Å². The van der Waals surface area contributed by atoms with Gasteiger partial charge in [0.25, 0.3) is 0 Å². The Bertz CT molecular complexity index is 808. The molecule has 0 bridgehead atoms. The van der Waals surface area contributed by atoms with Crippen LogP contribution in [0.2, 0.25) is 0 Å². The van der Waals surface area contributed by atoms with Gasteiger partial charge in [0.1, 0.15) is 6.07 Å². The lowest BCUT2D eigenvalue weighted by atomic mass is 10.1. The molecule has 3 rings (SSSR count). The third kappa shape index (κ3) is 3.47. The molecule has 120 valence electrons. The minimum atomic E-state index is -0.00823. The van der Waals surface area contributed by atoms with E-state index in [-0.39, 0.29) is 5.78 Å². The highest BCUT2D eigenvalue weighted by Gasteiger charge is 2.08. The molecule has 2 aromatic rings. The summed E-state index contributed by atoms with van der Waals surface area (Å²) in [6, 6.07) is 15.7. The third-order valence-electron chi connectivity index (χ3n) is 4.15. The fraction of sp³-hybridized carbons (Fsp3) is 0.200. The SMILES string of the molecule is CC(=O)c1ccc(C#N)c(NCc2ccc(N3CC=CC3)cc2)c1. The van der Waals surface area contributed by atoms with Gasteiger partial charge in [0.2, 0.25) is 0 Å². The van der Waals surface area contributed by atoms with E-state index in [1.165, 1.54) is 12.6 Å². The molecule has 0 aliphatic carbocycles. The van der Waals surface area contributed by atoms with E-state index in [1.807, 2.05) is 0 Å². The summed E-state index contributed by atoms with van der Waals surface area (Å²) >= 11 is 0. The van der Waals surface area contributed by atoms with Gasteiger partial charge in [-0.3, -0.25) is 4.79 Å². The molecule has 0 amide bonds. The fourth-order valence-electron chi connectivity index (χ4n) is 2.72. The van der Waals surface area contributed by atoms with E-state index in [9.17, 15) is 10.1 Å². The molecule has 0 atom stereocenters. The number of anilines is 2. The van der Waals surface area contributed by atoms with E-state index in [4.69, 9.17) is 0 Å². The average Bonchev–Trinajstić information content (AvgIpc) is 3.14. The Hall–Kier alpha value is -3.06. The van der Waals surface area contributed by atoms with Crippen molar-refractivity contribution in [3.05, 3.63) is 71.3 Å². The summed E-state index contributed by atoms with van der Waals surface area (Å²) in [5.41, 5.74) is 4.18. The second-order valence-electron chi connectivity index (χ2n) is 5.82. The van der Waals surface area contributed by atoms with E-state index < -0.39 is 0 Å². The van der Waals surface area contributed by atoms with Crippen molar-refractivity contribution in [3.8, 4) is 6.07 Å². The topological polar surface area (TPSA) is 56.1 Å². The normalized spacial score (nSPS) is 12.9. The second kappa shape index (κ2) is 7.01. The molecule has 0 fully saturated rings. The molecule has 0 saturated carbocycles. The van der Waals surface area contributed by atoms with Crippen molar-refractivity contribution >= 4 is 17.2 Å². The number of benzene rings is 2. The minimum Gasteiger partial charge on any atom is -0.380 e. The monoisotopic (exact) mass is 317 g/mol. The molecule has 1 aliphatic heterocycles. The molecular weight excluding hydrogens is 298 g/mol. The van der Waals surface area contributed by atoms with Gasteiger partial charge in [-0.1, -0.05) is 24.3 Å². The van der Waals surface area contributed by atoms with E-state index in [1.54, 1.807) is 18.2 Å². The van der Waals surface area contributed by atoms with E-state index in [2.05, 4.69) is 52.7 Å². The molecule has 0 aromatic heterocycles. The van der Waals surface area contributed by atoms with Crippen molar-refractivity contribution in [1.29, 1.82) is 5.26 Å². The molecule has 4 heteroatoms. The molecule has 1 heterocycles. The van der Waals surface area contributed by atoms with Crippen molar-refractivity contribution in [1.82, 2.24) is 0 Å². The van der Waals surface area contributed by atoms with Gasteiger partial charge in [-0.05, 0) is 42.8 Å². The van der Waals surface area contributed by atoms with Crippen molar-refractivity contribution in [2.45, 2.75) is 13.5 Å². The van der Waals surface area contributed by atoms with Crippen molar-refractivity contribution in [2.24, 2.45) is 0 Å². The van der Waals surface area contributed by atoms with Gasteiger partial charge in [-0.2, -0.15) is 5.26 Å². The number of ketones is 1. The lowest BCUT2D eigenvalue weighted by Crippen LogP contribution is -2.18. The Morgan fingerprint density at radius 2 is 1.88 bits per heavy atom. The maximum Gasteiger partial charge on any atom is 0.159 e. The molecule has 0 saturated heterocycles. The first kappa shape index (κ1) is 15.8. The zero-order chi connectivity index (χ0) is 16.9. The predicted octanol–water partition coefficient (Wildman–Crippen LogP) is 3.75. The summed E-state index contributed by atoms with van der Waals surface area (Å²) in [4.78, 5) is 13.8. The van der Waals surface area contributed by atoms with Crippen LogP contribution < -0.4 is 10.2 Å². The van der Waals surface area contributed by atoms with Crippen LogP contribution in [0.5, 0.6) is 0 Å². The summed E-state index contributed by atoms with van der Waals surface area (Å²) in [5.74, 6) is -0.00823. The largest absolute Gasteiger partial charge is 0.380 e.